The van der Waals surface area contributed by atoms with Crippen molar-refractivity contribution in [2.24, 2.45) is 0 Å². The van der Waals surface area contributed by atoms with Crippen LogP contribution in [0.2, 0.25) is 0 Å². The van der Waals surface area contributed by atoms with E-state index in [0.717, 1.165) is 38.5 Å². The number of carboxylic acid groups (broad SMARTS) is 2. The predicted molar refractivity (Wildman–Crippen MR) is 167 cm³/mol. The maximum Gasteiger partial charge on any atom is 4.00 e. The average molecular weight is 762 g/mol. The van der Waals surface area contributed by atoms with E-state index in [9.17, 15) is 19.8 Å². The minimum absolute atomic E-state index is 0. The maximum atomic E-state index is 10.1. The maximum absolute atomic E-state index is 10.1. The third kappa shape index (κ3) is 41.7. The van der Waals surface area contributed by atoms with Gasteiger partial charge < -0.3 is 31.3 Å². The molecule has 2 N–H and O–H groups in total. The molecule has 1 rings (SSSR count). The van der Waals surface area contributed by atoms with Crippen molar-refractivity contribution in [1.82, 2.24) is 0 Å². The van der Waals surface area contributed by atoms with E-state index in [4.69, 9.17) is 11.5 Å². The van der Waals surface area contributed by atoms with Gasteiger partial charge in [0.15, 0.2) is 0 Å². The van der Waals surface area contributed by atoms with E-state index in [1.54, 1.807) is 0 Å². The SMILES string of the molecule is CCCCCCCCCCCCCC(=O)[O-].CCCCCCCCCCCCCC(=O)[O-].[NH-][C@@H]1CCCC[C@H]1[NH-].[Pt+4]. The number of carbonyl (C=O) groups is 2. The van der Waals surface area contributed by atoms with E-state index in [1.165, 1.54) is 128 Å². The van der Waals surface area contributed by atoms with Crippen molar-refractivity contribution in [1.29, 1.82) is 0 Å². The second-order valence-electron chi connectivity index (χ2n) is 11.8. The molecule has 0 saturated heterocycles. The summed E-state index contributed by atoms with van der Waals surface area (Å²) < 4.78 is 0. The van der Waals surface area contributed by atoms with Gasteiger partial charge in [-0.15, -0.1) is 0 Å². The zero-order chi connectivity index (χ0) is 30.1. The molecule has 0 radical (unpaired) electrons. The molecular formula is C34H66N2O4Pt. The smallest absolute Gasteiger partial charge is 0.676 e. The Morgan fingerprint density at radius 1 is 0.488 bits per heavy atom. The third-order valence-corrected chi connectivity index (χ3v) is 7.73. The first-order chi connectivity index (χ1) is 19.3. The van der Waals surface area contributed by atoms with Gasteiger partial charge in [0.25, 0.3) is 0 Å². The van der Waals surface area contributed by atoms with E-state index >= 15 is 0 Å². The molecule has 1 aliphatic rings. The summed E-state index contributed by atoms with van der Waals surface area (Å²) in [5.41, 5.74) is 14.6. The van der Waals surface area contributed by atoms with Crippen LogP contribution in [0.5, 0.6) is 0 Å². The topological polar surface area (TPSA) is 128 Å². The van der Waals surface area contributed by atoms with Crippen molar-refractivity contribution >= 4 is 11.9 Å². The number of rotatable bonds is 24. The van der Waals surface area contributed by atoms with Crippen LogP contribution in [0.15, 0.2) is 0 Å². The molecule has 2 atom stereocenters. The van der Waals surface area contributed by atoms with E-state index in [0.29, 0.717) is 0 Å². The summed E-state index contributed by atoms with van der Waals surface area (Å²) in [6, 6.07) is -0.160. The molecule has 0 aromatic rings. The number of hydrogen-bond donors (Lipinski definition) is 0. The van der Waals surface area contributed by atoms with Crippen LogP contribution in [0.25, 0.3) is 11.5 Å². The Labute approximate surface area is 269 Å². The summed E-state index contributed by atoms with van der Waals surface area (Å²) in [7, 11) is 0. The quantitative estimate of drug-likeness (QED) is 0.0909. The van der Waals surface area contributed by atoms with Crippen LogP contribution in [-0.2, 0) is 30.7 Å². The standard InChI is InChI=1S/2C14H28O2.C6H12N2.Pt/c2*1-2-3-4-5-6-7-8-9-10-11-12-13-14(15)16;7-5-3-1-2-4-6(5)8;/h2*2-13H2,1H3,(H,15,16);5-8H,1-4H2;/q;;-2;+4/p-2/t;;5-,6-;/m..1./s1. The molecule has 0 heterocycles. The Morgan fingerprint density at radius 3 is 0.902 bits per heavy atom. The van der Waals surface area contributed by atoms with Gasteiger partial charge in [-0.3, -0.25) is 0 Å². The molecule has 6 nitrogen and oxygen atoms in total. The van der Waals surface area contributed by atoms with Crippen molar-refractivity contribution < 1.29 is 40.9 Å². The summed E-state index contributed by atoms with van der Waals surface area (Å²) in [5, 5.41) is 20.3. The van der Waals surface area contributed by atoms with Crippen molar-refractivity contribution in [3.05, 3.63) is 11.5 Å². The minimum atomic E-state index is -0.907. The molecule has 0 aromatic heterocycles. The summed E-state index contributed by atoms with van der Waals surface area (Å²) in [6.07, 6.45) is 32.3. The van der Waals surface area contributed by atoms with Crippen molar-refractivity contribution in [3.8, 4) is 0 Å². The number of carbonyl (C=O) groups excluding carboxylic acids is 2. The number of hydrogen-bond acceptors (Lipinski definition) is 4. The van der Waals surface area contributed by atoms with E-state index < -0.39 is 11.9 Å². The van der Waals surface area contributed by atoms with E-state index in [-0.39, 0.29) is 46.0 Å². The molecule has 1 saturated carbocycles. The van der Waals surface area contributed by atoms with Crippen molar-refractivity contribution in [2.75, 3.05) is 0 Å². The fraction of sp³-hybridized carbons (Fsp3) is 0.941. The normalized spacial score (nSPS) is 16.0. The van der Waals surface area contributed by atoms with Gasteiger partial charge in [-0.25, -0.2) is 0 Å². The van der Waals surface area contributed by atoms with Crippen molar-refractivity contribution in [2.45, 2.75) is 206 Å². The monoisotopic (exact) mass is 761 g/mol. The summed E-state index contributed by atoms with van der Waals surface area (Å²) in [5.74, 6) is -1.81. The van der Waals surface area contributed by atoms with Gasteiger partial charge in [-0.1, -0.05) is 168 Å². The molecule has 0 spiro atoms. The van der Waals surface area contributed by atoms with Gasteiger partial charge in [0, 0.05) is 11.9 Å². The third-order valence-electron chi connectivity index (χ3n) is 7.73. The van der Waals surface area contributed by atoms with Gasteiger partial charge in [0.1, 0.15) is 0 Å². The fourth-order valence-electron chi connectivity index (χ4n) is 5.00. The Hall–Kier alpha value is -0.452. The summed E-state index contributed by atoms with van der Waals surface area (Å²) in [6.45, 7) is 4.49. The van der Waals surface area contributed by atoms with Gasteiger partial charge in [-0.05, 0) is 25.7 Å². The van der Waals surface area contributed by atoms with Crippen LogP contribution in [0.3, 0.4) is 0 Å². The zero-order valence-corrected chi connectivity index (χ0v) is 29.2. The van der Waals surface area contributed by atoms with Crippen LogP contribution < -0.4 is 10.2 Å². The Morgan fingerprint density at radius 2 is 0.707 bits per heavy atom. The number of nitrogens with one attached hydrogen (secondary N) is 2. The molecule has 0 bridgehead atoms. The molecule has 0 amide bonds. The Kier molecular flexibility index (Phi) is 41.2. The molecule has 1 fully saturated rings. The summed E-state index contributed by atoms with van der Waals surface area (Å²) >= 11 is 0. The number of aliphatic carboxylic acids is 2. The Bertz CT molecular complexity index is 491. The van der Waals surface area contributed by atoms with Gasteiger partial charge in [-0.2, -0.15) is 12.1 Å². The summed E-state index contributed by atoms with van der Waals surface area (Å²) in [4.78, 5) is 20.3. The second-order valence-corrected chi connectivity index (χ2v) is 11.8. The molecule has 1 aliphatic carbocycles. The average Bonchev–Trinajstić information content (AvgIpc) is 2.92. The van der Waals surface area contributed by atoms with Gasteiger partial charge in [0.2, 0.25) is 0 Å². The first kappa shape index (κ1) is 45.0. The van der Waals surface area contributed by atoms with Crippen LogP contribution in [0, 0.1) is 0 Å². The molecular weight excluding hydrogens is 695 g/mol. The predicted octanol–water partition coefficient (Wildman–Crippen LogP) is 9.27. The van der Waals surface area contributed by atoms with Crippen LogP contribution in [0.4, 0.5) is 0 Å². The molecule has 246 valence electrons. The number of carboxylic acids is 2. The van der Waals surface area contributed by atoms with Crippen LogP contribution in [-0.4, -0.2) is 24.0 Å². The van der Waals surface area contributed by atoms with Crippen LogP contribution in [0.1, 0.15) is 194 Å². The van der Waals surface area contributed by atoms with Gasteiger partial charge >= 0.3 is 21.1 Å². The Balaban J connectivity index is -0.000000548. The molecule has 41 heavy (non-hydrogen) atoms. The molecule has 7 heteroatoms. The van der Waals surface area contributed by atoms with E-state index in [1.807, 2.05) is 0 Å². The first-order valence-electron chi connectivity index (χ1n) is 17.2. The number of unbranched alkanes of at least 4 members (excludes halogenated alkanes) is 20. The molecule has 0 aliphatic heterocycles. The van der Waals surface area contributed by atoms with Crippen LogP contribution >= 0.6 is 0 Å². The molecule has 0 aromatic carbocycles. The first-order valence-corrected chi connectivity index (χ1v) is 17.2. The van der Waals surface area contributed by atoms with Crippen molar-refractivity contribution in [3.63, 3.8) is 0 Å². The minimum Gasteiger partial charge on any atom is -0.676 e. The molecule has 0 unspecified atom stereocenters. The zero-order valence-electron chi connectivity index (χ0n) is 26.9. The van der Waals surface area contributed by atoms with E-state index in [2.05, 4.69) is 13.8 Å². The van der Waals surface area contributed by atoms with Gasteiger partial charge in [0.05, 0.1) is 0 Å². The second kappa shape index (κ2) is 37.6. The fourth-order valence-corrected chi connectivity index (χ4v) is 5.00. The largest absolute Gasteiger partial charge is 4.00 e.